The summed E-state index contributed by atoms with van der Waals surface area (Å²) in [7, 11) is 0. The second-order valence-corrected chi connectivity index (χ2v) is 7.22. The van der Waals surface area contributed by atoms with Gasteiger partial charge in [-0.15, -0.1) is 0 Å². The Balaban J connectivity index is 1.34. The quantitative estimate of drug-likeness (QED) is 0.875. The van der Waals surface area contributed by atoms with Gasteiger partial charge < -0.3 is 5.32 Å². The lowest BCUT2D eigenvalue weighted by Gasteiger charge is -2.32. The molecule has 2 aromatic heterocycles. The van der Waals surface area contributed by atoms with Crippen LogP contribution in [-0.2, 0) is 11.3 Å². The van der Waals surface area contributed by atoms with E-state index in [-0.39, 0.29) is 11.8 Å². The molecule has 4 rings (SSSR count). The van der Waals surface area contributed by atoms with Crippen molar-refractivity contribution in [2.45, 2.75) is 51.1 Å². The van der Waals surface area contributed by atoms with Crippen molar-refractivity contribution in [3.63, 3.8) is 0 Å². The molecule has 2 N–H and O–H groups in total. The maximum Gasteiger partial charge on any atom is 0.228 e. The van der Waals surface area contributed by atoms with Gasteiger partial charge in [0.05, 0.1) is 12.2 Å². The summed E-state index contributed by atoms with van der Waals surface area (Å²) in [5.74, 6) is 1.19. The Morgan fingerprint density at radius 2 is 1.96 bits per heavy atom. The van der Waals surface area contributed by atoms with Crippen molar-refractivity contribution >= 4 is 11.7 Å². The van der Waals surface area contributed by atoms with Gasteiger partial charge in [-0.25, -0.2) is 4.68 Å². The molecule has 2 aromatic rings. The van der Waals surface area contributed by atoms with E-state index in [1.165, 1.54) is 12.8 Å². The van der Waals surface area contributed by atoms with Crippen LogP contribution in [0, 0.1) is 5.92 Å². The second-order valence-electron chi connectivity index (χ2n) is 7.22. The van der Waals surface area contributed by atoms with E-state index in [9.17, 15) is 4.79 Å². The number of carbonyl (C=O) groups excluding carboxylic acids is 1. The third-order valence-corrected chi connectivity index (χ3v) is 5.50. The normalized spacial score (nSPS) is 20.2. The molecule has 0 aromatic carbocycles. The van der Waals surface area contributed by atoms with Gasteiger partial charge in [-0.2, -0.15) is 10.2 Å². The number of nitrogens with one attached hydrogen (secondary N) is 2. The standard InChI is InChI=1S/C18H26N6O/c25-18(14-3-1-2-4-14)21-17-6-10-20-24(17)16-7-11-23(12-8-16)13-15-5-9-19-22-15/h5-6,9-10,14,16H,1-4,7-8,11-13H2,(H,19,22)(H,21,25). The molecule has 1 saturated carbocycles. The molecule has 0 spiro atoms. The highest BCUT2D eigenvalue weighted by atomic mass is 16.2. The van der Waals surface area contributed by atoms with Gasteiger partial charge in [0, 0.05) is 43.5 Å². The Morgan fingerprint density at radius 3 is 2.68 bits per heavy atom. The molecule has 1 saturated heterocycles. The predicted octanol–water partition coefficient (Wildman–Crippen LogP) is 2.57. The summed E-state index contributed by atoms with van der Waals surface area (Å²) in [6, 6.07) is 4.30. The van der Waals surface area contributed by atoms with Gasteiger partial charge in [0.15, 0.2) is 0 Å². The first-order valence-electron chi connectivity index (χ1n) is 9.34. The Hall–Kier alpha value is -2.15. The van der Waals surface area contributed by atoms with Crippen LogP contribution in [0.3, 0.4) is 0 Å². The summed E-state index contributed by atoms with van der Waals surface area (Å²) in [6.07, 6.45) is 10.1. The van der Waals surface area contributed by atoms with Gasteiger partial charge in [-0.3, -0.25) is 14.8 Å². The first kappa shape index (κ1) is 16.3. The smallest absolute Gasteiger partial charge is 0.228 e. The number of aromatic nitrogens is 4. The van der Waals surface area contributed by atoms with Crippen molar-refractivity contribution < 1.29 is 4.79 Å². The summed E-state index contributed by atoms with van der Waals surface area (Å²) in [4.78, 5) is 14.8. The minimum atomic E-state index is 0.163. The molecular weight excluding hydrogens is 316 g/mol. The molecule has 7 heteroatoms. The molecule has 1 amide bonds. The molecule has 0 radical (unpaired) electrons. The summed E-state index contributed by atoms with van der Waals surface area (Å²) < 4.78 is 2.01. The average Bonchev–Trinajstić information content (AvgIpc) is 3.38. The molecular formula is C18H26N6O. The maximum absolute atomic E-state index is 12.4. The molecule has 134 valence electrons. The number of amides is 1. The van der Waals surface area contributed by atoms with Crippen LogP contribution in [0.1, 0.15) is 50.3 Å². The molecule has 1 aliphatic heterocycles. The zero-order valence-electron chi connectivity index (χ0n) is 14.5. The summed E-state index contributed by atoms with van der Waals surface area (Å²) >= 11 is 0. The highest BCUT2D eigenvalue weighted by Gasteiger charge is 2.26. The van der Waals surface area contributed by atoms with E-state index in [4.69, 9.17) is 0 Å². The predicted molar refractivity (Wildman–Crippen MR) is 95.0 cm³/mol. The number of rotatable bonds is 5. The zero-order chi connectivity index (χ0) is 17.1. The van der Waals surface area contributed by atoms with E-state index in [1.807, 2.05) is 16.8 Å². The summed E-state index contributed by atoms with van der Waals surface area (Å²) in [5.41, 5.74) is 1.15. The van der Waals surface area contributed by atoms with Crippen molar-refractivity contribution in [3.05, 3.63) is 30.2 Å². The second kappa shape index (κ2) is 7.39. The molecule has 1 aliphatic carbocycles. The van der Waals surface area contributed by atoms with Crippen molar-refractivity contribution in [1.82, 2.24) is 24.9 Å². The van der Waals surface area contributed by atoms with E-state index >= 15 is 0 Å². The molecule has 7 nitrogen and oxygen atoms in total. The Bertz CT molecular complexity index is 680. The molecule has 2 aliphatic rings. The van der Waals surface area contributed by atoms with Gasteiger partial charge in [0.1, 0.15) is 5.82 Å². The maximum atomic E-state index is 12.4. The number of likely N-dealkylation sites (tertiary alicyclic amines) is 1. The zero-order valence-corrected chi connectivity index (χ0v) is 14.5. The molecule has 0 bridgehead atoms. The number of piperidine rings is 1. The van der Waals surface area contributed by atoms with Gasteiger partial charge in [0.2, 0.25) is 5.91 Å². The first-order valence-corrected chi connectivity index (χ1v) is 9.34. The van der Waals surface area contributed by atoms with Gasteiger partial charge in [-0.05, 0) is 31.7 Å². The largest absolute Gasteiger partial charge is 0.311 e. The summed E-state index contributed by atoms with van der Waals surface area (Å²) in [6.45, 7) is 2.97. The number of carbonyl (C=O) groups is 1. The lowest BCUT2D eigenvalue weighted by molar-refractivity contribution is -0.119. The number of hydrogen-bond donors (Lipinski definition) is 2. The third-order valence-electron chi connectivity index (χ3n) is 5.50. The van der Waals surface area contributed by atoms with Crippen molar-refractivity contribution in [2.75, 3.05) is 18.4 Å². The third kappa shape index (κ3) is 3.76. The summed E-state index contributed by atoms with van der Waals surface area (Å²) in [5, 5.41) is 14.6. The first-order chi connectivity index (χ1) is 12.3. The highest BCUT2D eigenvalue weighted by Crippen LogP contribution is 2.28. The van der Waals surface area contributed by atoms with Gasteiger partial charge in [-0.1, -0.05) is 12.8 Å². The molecule has 0 unspecified atom stereocenters. The van der Waals surface area contributed by atoms with Crippen molar-refractivity contribution in [3.8, 4) is 0 Å². The number of hydrogen-bond acceptors (Lipinski definition) is 4. The van der Waals surface area contributed by atoms with E-state index in [0.717, 1.165) is 56.8 Å². The van der Waals surface area contributed by atoms with Crippen LogP contribution in [0.25, 0.3) is 0 Å². The monoisotopic (exact) mass is 342 g/mol. The number of aromatic amines is 1. The number of nitrogens with zero attached hydrogens (tertiary/aromatic N) is 4. The minimum Gasteiger partial charge on any atom is -0.311 e. The fraction of sp³-hybridized carbons (Fsp3) is 0.611. The molecule has 3 heterocycles. The molecule has 25 heavy (non-hydrogen) atoms. The van der Waals surface area contributed by atoms with Crippen LogP contribution in [0.15, 0.2) is 24.5 Å². The molecule has 2 fully saturated rings. The lowest BCUT2D eigenvalue weighted by Crippen LogP contribution is -2.35. The van der Waals surface area contributed by atoms with Crippen molar-refractivity contribution in [2.24, 2.45) is 5.92 Å². The fourth-order valence-corrected chi connectivity index (χ4v) is 4.06. The van der Waals surface area contributed by atoms with Crippen LogP contribution in [0.2, 0.25) is 0 Å². The van der Waals surface area contributed by atoms with Crippen LogP contribution < -0.4 is 5.32 Å². The van der Waals surface area contributed by atoms with Crippen molar-refractivity contribution in [1.29, 1.82) is 0 Å². The van der Waals surface area contributed by atoms with Crippen LogP contribution in [0.5, 0.6) is 0 Å². The fourth-order valence-electron chi connectivity index (χ4n) is 4.06. The molecule has 0 atom stereocenters. The van der Waals surface area contributed by atoms with E-state index < -0.39 is 0 Å². The Morgan fingerprint density at radius 1 is 1.16 bits per heavy atom. The van der Waals surface area contributed by atoms with Crippen LogP contribution in [-0.4, -0.2) is 43.9 Å². The van der Waals surface area contributed by atoms with E-state index in [1.54, 1.807) is 12.4 Å². The Kier molecular flexibility index (Phi) is 4.83. The minimum absolute atomic E-state index is 0.163. The highest BCUT2D eigenvalue weighted by molar-refractivity contribution is 5.91. The van der Waals surface area contributed by atoms with E-state index in [0.29, 0.717) is 6.04 Å². The van der Waals surface area contributed by atoms with E-state index in [2.05, 4.69) is 25.5 Å². The Labute approximate surface area is 147 Å². The van der Waals surface area contributed by atoms with Gasteiger partial charge >= 0.3 is 0 Å². The topological polar surface area (TPSA) is 78.8 Å². The number of H-pyrrole nitrogens is 1. The number of anilines is 1. The van der Waals surface area contributed by atoms with Gasteiger partial charge in [0.25, 0.3) is 0 Å². The lowest BCUT2D eigenvalue weighted by atomic mass is 10.0. The SMILES string of the molecule is O=C(Nc1ccnn1C1CCN(Cc2ccn[nH]2)CC1)C1CCCC1. The average molecular weight is 342 g/mol. The van der Waals surface area contributed by atoms with Crippen LogP contribution in [0.4, 0.5) is 5.82 Å². The van der Waals surface area contributed by atoms with Crippen LogP contribution >= 0.6 is 0 Å².